The molecule has 1 rings (SSSR count). The number of rotatable bonds is 6. The fourth-order valence-electron chi connectivity index (χ4n) is 1.52. The van der Waals surface area contributed by atoms with Crippen LogP contribution >= 0.6 is 23.2 Å². The van der Waals surface area contributed by atoms with Crippen molar-refractivity contribution in [1.82, 2.24) is 5.32 Å². The molecular weight excluding hydrogens is 273 g/mol. The van der Waals surface area contributed by atoms with Crippen LogP contribution in [0.1, 0.15) is 18.9 Å². The van der Waals surface area contributed by atoms with Crippen LogP contribution in [0.4, 0.5) is 0 Å². The monoisotopic (exact) mass is 289 g/mol. The Kier molecular flexibility index (Phi) is 6.47. The van der Waals surface area contributed by atoms with Gasteiger partial charge in [0.05, 0.1) is 6.42 Å². The van der Waals surface area contributed by atoms with E-state index in [1.54, 1.807) is 18.2 Å². The van der Waals surface area contributed by atoms with Crippen molar-refractivity contribution in [2.75, 3.05) is 13.2 Å². The highest BCUT2D eigenvalue weighted by Crippen LogP contribution is 2.20. The van der Waals surface area contributed by atoms with Gasteiger partial charge in [0.25, 0.3) is 0 Å². The molecule has 1 aromatic carbocycles. The maximum atomic E-state index is 11.7. The third-order valence-corrected chi connectivity index (χ3v) is 3.23. The number of nitrogens with one attached hydrogen (secondary N) is 1. The van der Waals surface area contributed by atoms with Gasteiger partial charge in [-0.15, -0.1) is 0 Å². The standard InChI is InChI=1S/C13H17Cl2NO2/c1-9(4-5-17)8-16-13(18)7-10-6-11(14)2-3-12(10)15/h2-3,6,9,17H,4-5,7-8H2,1H3,(H,16,18). The fourth-order valence-corrected chi connectivity index (χ4v) is 1.90. The number of amides is 1. The summed E-state index contributed by atoms with van der Waals surface area (Å²) in [5.74, 6) is 0.165. The largest absolute Gasteiger partial charge is 0.396 e. The molecule has 0 heterocycles. The first-order valence-electron chi connectivity index (χ1n) is 5.84. The Morgan fingerprint density at radius 1 is 1.44 bits per heavy atom. The van der Waals surface area contributed by atoms with Gasteiger partial charge >= 0.3 is 0 Å². The number of aliphatic hydroxyl groups excluding tert-OH is 1. The second kappa shape index (κ2) is 7.62. The van der Waals surface area contributed by atoms with E-state index in [1.165, 1.54) is 0 Å². The van der Waals surface area contributed by atoms with E-state index in [9.17, 15) is 4.79 Å². The predicted molar refractivity (Wildman–Crippen MR) is 74.0 cm³/mol. The lowest BCUT2D eigenvalue weighted by molar-refractivity contribution is -0.120. The minimum Gasteiger partial charge on any atom is -0.396 e. The first-order valence-corrected chi connectivity index (χ1v) is 6.60. The number of halogens is 2. The summed E-state index contributed by atoms with van der Waals surface area (Å²) in [7, 11) is 0. The second-order valence-electron chi connectivity index (χ2n) is 4.33. The van der Waals surface area contributed by atoms with Crippen molar-refractivity contribution in [3.63, 3.8) is 0 Å². The third kappa shape index (κ3) is 5.25. The van der Waals surface area contributed by atoms with Gasteiger partial charge in [-0.25, -0.2) is 0 Å². The number of hydrogen-bond acceptors (Lipinski definition) is 2. The summed E-state index contributed by atoms with van der Waals surface area (Å²) in [6.45, 7) is 2.66. The van der Waals surface area contributed by atoms with E-state index in [2.05, 4.69) is 5.32 Å². The van der Waals surface area contributed by atoms with Crippen LogP contribution in [0, 0.1) is 5.92 Å². The van der Waals surface area contributed by atoms with Gasteiger partial charge in [-0.05, 0) is 36.1 Å². The quantitative estimate of drug-likeness (QED) is 0.846. The molecule has 2 N–H and O–H groups in total. The lowest BCUT2D eigenvalue weighted by atomic mass is 10.1. The Morgan fingerprint density at radius 2 is 2.17 bits per heavy atom. The molecule has 1 amide bonds. The highest BCUT2D eigenvalue weighted by molar-refractivity contribution is 6.33. The van der Waals surface area contributed by atoms with E-state index in [4.69, 9.17) is 28.3 Å². The molecule has 18 heavy (non-hydrogen) atoms. The normalized spacial score (nSPS) is 12.2. The molecule has 0 aliphatic carbocycles. The van der Waals surface area contributed by atoms with Gasteiger partial charge in [-0.2, -0.15) is 0 Å². The molecule has 1 atom stereocenters. The Balaban J connectivity index is 2.47. The zero-order valence-electron chi connectivity index (χ0n) is 10.2. The van der Waals surface area contributed by atoms with Crippen LogP contribution in [0.2, 0.25) is 10.0 Å². The van der Waals surface area contributed by atoms with Crippen molar-refractivity contribution in [2.24, 2.45) is 5.92 Å². The number of hydrogen-bond donors (Lipinski definition) is 2. The lowest BCUT2D eigenvalue weighted by Gasteiger charge is -2.11. The Labute approximate surface area is 117 Å². The first-order chi connectivity index (χ1) is 8.52. The maximum Gasteiger partial charge on any atom is 0.224 e. The van der Waals surface area contributed by atoms with Crippen LogP contribution < -0.4 is 5.32 Å². The summed E-state index contributed by atoms with van der Waals surface area (Å²) >= 11 is 11.8. The second-order valence-corrected chi connectivity index (χ2v) is 5.18. The Bertz CT molecular complexity index is 410. The number of carbonyl (C=O) groups excluding carboxylic acids is 1. The van der Waals surface area contributed by atoms with Crippen LogP contribution in [0.3, 0.4) is 0 Å². The number of benzene rings is 1. The molecule has 0 fully saturated rings. The van der Waals surface area contributed by atoms with Gasteiger partial charge in [0, 0.05) is 23.2 Å². The summed E-state index contributed by atoms with van der Waals surface area (Å²) in [5, 5.41) is 12.7. The number of carbonyl (C=O) groups is 1. The summed E-state index contributed by atoms with van der Waals surface area (Å²) in [6, 6.07) is 5.07. The molecule has 1 unspecified atom stereocenters. The molecule has 0 saturated carbocycles. The molecular formula is C13H17Cl2NO2. The number of aliphatic hydroxyl groups is 1. The molecule has 1 aromatic rings. The molecule has 0 radical (unpaired) electrons. The van der Waals surface area contributed by atoms with Crippen LogP contribution in [-0.4, -0.2) is 24.2 Å². The maximum absolute atomic E-state index is 11.7. The van der Waals surface area contributed by atoms with Crippen LogP contribution in [0.25, 0.3) is 0 Å². The molecule has 0 aromatic heterocycles. The molecule has 0 bridgehead atoms. The highest BCUT2D eigenvalue weighted by atomic mass is 35.5. The molecule has 100 valence electrons. The van der Waals surface area contributed by atoms with Gasteiger partial charge in [0.2, 0.25) is 5.91 Å². The highest BCUT2D eigenvalue weighted by Gasteiger charge is 2.09. The van der Waals surface area contributed by atoms with Gasteiger partial charge in [-0.3, -0.25) is 4.79 Å². The van der Waals surface area contributed by atoms with Gasteiger partial charge < -0.3 is 10.4 Å². The van der Waals surface area contributed by atoms with Gasteiger partial charge in [0.1, 0.15) is 0 Å². The van der Waals surface area contributed by atoms with E-state index >= 15 is 0 Å². The molecule has 5 heteroatoms. The van der Waals surface area contributed by atoms with Crippen molar-refractivity contribution < 1.29 is 9.90 Å². The van der Waals surface area contributed by atoms with Crippen molar-refractivity contribution in [3.8, 4) is 0 Å². The van der Waals surface area contributed by atoms with Gasteiger partial charge in [0.15, 0.2) is 0 Å². The average Bonchev–Trinajstić information content (AvgIpc) is 2.32. The zero-order valence-corrected chi connectivity index (χ0v) is 11.8. The minimum absolute atomic E-state index is 0.0936. The summed E-state index contributed by atoms with van der Waals surface area (Å²) in [4.78, 5) is 11.7. The molecule has 0 aliphatic heterocycles. The van der Waals surface area contributed by atoms with E-state index in [-0.39, 0.29) is 24.9 Å². The van der Waals surface area contributed by atoms with E-state index in [0.717, 1.165) is 5.56 Å². The van der Waals surface area contributed by atoms with Crippen molar-refractivity contribution >= 4 is 29.1 Å². The first kappa shape index (κ1) is 15.3. The summed E-state index contributed by atoms with van der Waals surface area (Å²) in [6.07, 6.45) is 0.892. The van der Waals surface area contributed by atoms with Crippen LogP contribution in [-0.2, 0) is 11.2 Å². The smallest absolute Gasteiger partial charge is 0.224 e. The molecule has 0 saturated heterocycles. The fraction of sp³-hybridized carbons (Fsp3) is 0.462. The molecule has 0 aliphatic rings. The van der Waals surface area contributed by atoms with Crippen molar-refractivity contribution in [3.05, 3.63) is 33.8 Å². The summed E-state index contributed by atoms with van der Waals surface area (Å²) < 4.78 is 0. The SMILES string of the molecule is CC(CCO)CNC(=O)Cc1cc(Cl)ccc1Cl. The predicted octanol–water partition coefficient (Wildman–Crippen LogP) is 2.67. The van der Waals surface area contributed by atoms with E-state index < -0.39 is 0 Å². The molecule has 3 nitrogen and oxygen atoms in total. The van der Waals surface area contributed by atoms with Gasteiger partial charge in [-0.1, -0.05) is 30.1 Å². The lowest BCUT2D eigenvalue weighted by Crippen LogP contribution is -2.30. The molecule has 0 spiro atoms. The topological polar surface area (TPSA) is 49.3 Å². The van der Waals surface area contributed by atoms with E-state index in [0.29, 0.717) is 23.0 Å². The Morgan fingerprint density at radius 3 is 2.83 bits per heavy atom. The van der Waals surface area contributed by atoms with E-state index in [1.807, 2.05) is 6.92 Å². The average molecular weight is 290 g/mol. The van der Waals surface area contributed by atoms with Crippen LogP contribution in [0.5, 0.6) is 0 Å². The summed E-state index contributed by atoms with van der Waals surface area (Å²) in [5.41, 5.74) is 0.719. The Hall–Kier alpha value is -0.770. The zero-order chi connectivity index (χ0) is 13.5. The third-order valence-electron chi connectivity index (χ3n) is 2.63. The van der Waals surface area contributed by atoms with Crippen molar-refractivity contribution in [2.45, 2.75) is 19.8 Å². The minimum atomic E-state index is -0.0936. The van der Waals surface area contributed by atoms with Crippen molar-refractivity contribution in [1.29, 1.82) is 0 Å². The van der Waals surface area contributed by atoms with Crippen LogP contribution in [0.15, 0.2) is 18.2 Å².